The zero-order valence-corrected chi connectivity index (χ0v) is 18.8. The van der Waals surface area contributed by atoms with Crippen LogP contribution in [0.1, 0.15) is 51.7 Å². The second-order valence-corrected chi connectivity index (χ2v) is 8.69. The van der Waals surface area contributed by atoms with Gasteiger partial charge in [0.25, 0.3) is 0 Å². The Labute approximate surface area is 180 Å². The molecule has 162 valence electrons. The van der Waals surface area contributed by atoms with Crippen molar-refractivity contribution in [2.75, 3.05) is 6.61 Å². The zero-order chi connectivity index (χ0) is 22.1. The molecule has 30 heavy (non-hydrogen) atoms. The summed E-state index contributed by atoms with van der Waals surface area (Å²) >= 11 is 0. The minimum Gasteiger partial charge on any atom is -0.494 e. The Bertz CT molecular complexity index is 811. The Balaban J connectivity index is 1.98. The molecule has 1 N–H and O–H groups in total. The van der Waals surface area contributed by atoms with Gasteiger partial charge in [0, 0.05) is 18.5 Å². The number of rotatable bonds is 9. The van der Waals surface area contributed by atoms with E-state index in [9.17, 15) is 9.59 Å². The van der Waals surface area contributed by atoms with Gasteiger partial charge in [-0.3, -0.25) is 9.59 Å². The van der Waals surface area contributed by atoms with Crippen LogP contribution >= 0.6 is 0 Å². The van der Waals surface area contributed by atoms with Crippen molar-refractivity contribution in [3.8, 4) is 5.75 Å². The number of hydrogen-bond acceptors (Lipinski definition) is 3. The van der Waals surface area contributed by atoms with E-state index in [1.165, 1.54) is 5.56 Å². The summed E-state index contributed by atoms with van der Waals surface area (Å²) in [7, 11) is 0. The molecule has 1 unspecified atom stereocenters. The van der Waals surface area contributed by atoms with Crippen molar-refractivity contribution in [3.05, 3.63) is 65.7 Å². The molecule has 0 fully saturated rings. The van der Waals surface area contributed by atoms with Crippen molar-refractivity contribution < 1.29 is 14.3 Å². The molecule has 2 aromatic rings. The Morgan fingerprint density at radius 3 is 2.27 bits per heavy atom. The molecule has 0 bridgehead atoms. The third-order valence-corrected chi connectivity index (χ3v) is 4.69. The van der Waals surface area contributed by atoms with Crippen LogP contribution in [0.2, 0.25) is 0 Å². The molecule has 0 aliphatic rings. The molecule has 0 saturated heterocycles. The minimum atomic E-state index is -0.560. The van der Waals surface area contributed by atoms with Crippen LogP contribution in [-0.4, -0.2) is 34.9 Å². The first-order valence-corrected chi connectivity index (χ1v) is 10.5. The molecule has 0 aromatic heterocycles. The van der Waals surface area contributed by atoms with E-state index in [-0.39, 0.29) is 17.4 Å². The maximum atomic E-state index is 13.0. The van der Waals surface area contributed by atoms with E-state index in [1.807, 2.05) is 82.3 Å². The lowest BCUT2D eigenvalue weighted by Gasteiger charge is -2.31. The first-order chi connectivity index (χ1) is 14.2. The number of benzene rings is 2. The maximum absolute atomic E-state index is 13.0. The van der Waals surface area contributed by atoms with Crippen LogP contribution in [0.4, 0.5) is 0 Å². The van der Waals surface area contributed by atoms with Gasteiger partial charge in [0.1, 0.15) is 11.8 Å². The average molecular weight is 411 g/mol. The van der Waals surface area contributed by atoms with Gasteiger partial charge in [0.15, 0.2) is 0 Å². The molecule has 5 heteroatoms. The van der Waals surface area contributed by atoms with Gasteiger partial charge in [-0.05, 0) is 58.7 Å². The molecular weight excluding hydrogens is 376 g/mol. The van der Waals surface area contributed by atoms with Crippen molar-refractivity contribution >= 4 is 11.8 Å². The summed E-state index contributed by atoms with van der Waals surface area (Å²) in [6.45, 7) is 10.5. The molecule has 1 atom stereocenters. The van der Waals surface area contributed by atoms with Crippen LogP contribution in [0.15, 0.2) is 54.6 Å². The SMILES string of the molecule is Cc1ccc(OCCCC(=O)N(Cc2ccccc2)C(C)C(=O)NC(C)(C)C)cc1. The number of nitrogens with zero attached hydrogens (tertiary/aromatic N) is 1. The summed E-state index contributed by atoms with van der Waals surface area (Å²) in [6, 6.07) is 17.0. The molecule has 0 aliphatic carbocycles. The van der Waals surface area contributed by atoms with E-state index in [0.29, 0.717) is 26.0 Å². The van der Waals surface area contributed by atoms with Gasteiger partial charge in [-0.15, -0.1) is 0 Å². The van der Waals surface area contributed by atoms with Gasteiger partial charge in [-0.25, -0.2) is 0 Å². The Hall–Kier alpha value is -2.82. The van der Waals surface area contributed by atoms with Crippen LogP contribution in [0.5, 0.6) is 5.75 Å². The van der Waals surface area contributed by atoms with Crippen LogP contribution in [0.3, 0.4) is 0 Å². The topological polar surface area (TPSA) is 58.6 Å². The molecule has 0 radical (unpaired) electrons. The van der Waals surface area contributed by atoms with E-state index in [1.54, 1.807) is 11.8 Å². The van der Waals surface area contributed by atoms with E-state index in [2.05, 4.69) is 5.32 Å². The highest BCUT2D eigenvalue weighted by atomic mass is 16.5. The summed E-state index contributed by atoms with van der Waals surface area (Å²) in [6.07, 6.45) is 0.914. The monoisotopic (exact) mass is 410 g/mol. The van der Waals surface area contributed by atoms with Crippen molar-refractivity contribution in [3.63, 3.8) is 0 Å². The van der Waals surface area contributed by atoms with Crippen molar-refractivity contribution in [1.82, 2.24) is 10.2 Å². The number of aryl methyl sites for hydroxylation is 1. The number of hydrogen-bond donors (Lipinski definition) is 1. The second kappa shape index (κ2) is 10.8. The van der Waals surface area contributed by atoms with Crippen LogP contribution in [0, 0.1) is 6.92 Å². The Morgan fingerprint density at radius 2 is 1.67 bits per heavy atom. The van der Waals surface area contributed by atoms with Gasteiger partial charge in [0.05, 0.1) is 6.61 Å². The summed E-state index contributed by atoms with van der Waals surface area (Å²) in [5, 5.41) is 2.98. The summed E-state index contributed by atoms with van der Waals surface area (Å²) < 4.78 is 5.73. The van der Waals surface area contributed by atoms with Crippen LogP contribution in [-0.2, 0) is 16.1 Å². The zero-order valence-electron chi connectivity index (χ0n) is 18.8. The van der Waals surface area contributed by atoms with Gasteiger partial charge in [0.2, 0.25) is 11.8 Å². The number of ether oxygens (including phenoxy) is 1. The minimum absolute atomic E-state index is 0.0529. The van der Waals surface area contributed by atoms with Crippen LogP contribution in [0.25, 0.3) is 0 Å². The largest absolute Gasteiger partial charge is 0.494 e. The third kappa shape index (κ3) is 7.90. The number of carbonyl (C=O) groups is 2. The first kappa shape index (κ1) is 23.5. The normalized spacial score (nSPS) is 12.2. The number of nitrogens with one attached hydrogen (secondary N) is 1. The molecule has 5 nitrogen and oxygen atoms in total. The molecule has 0 saturated carbocycles. The third-order valence-electron chi connectivity index (χ3n) is 4.69. The predicted octanol–water partition coefficient (Wildman–Crippen LogP) is 4.49. The lowest BCUT2D eigenvalue weighted by Crippen LogP contribution is -2.52. The molecule has 0 spiro atoms. The van der Waals surface area contributed by atoms with Gasteiger partial charge < -0.3 is 15.0 Å². The van der Waals surface area contributed by atoms with Gasteiger partial charge in [-0.2, -0.15) is 0 Å². The van der Waals surface area contributed by atoms with E-state index < -0.39 is 6.04 Å². The average Bonchev–Trinajstić information content (AvgIpc) is 2.69. The fourth-order valence-corrected chi connectivity index (χ4v) is 3.03. The highest BCUT2D eigenvalue weighted by molar-refractivity contribution is 5.87. The summed E-state index contributed by atoms with van der Waals surface area (Å²) in [5.74, 6) is 0.595. The lowest BCUT2D eigenvalue weighted by molar-refractivity contribution is -0.141. The molecule has 0 aliphatic heterocycles. The highest BCUT2D eigenvalue weighted by Gasteiger charge is 2.28. The quantitative estimate of drug-likeness (QED) is 0.620. The Kier molecular flexibility index (Phi) is 8.46. The van der Waals surface area contributed by atoms with Crippen molar-refractivity contribution in [1.29, 1.82) is 0 Å². The molecular formula is C25H34N2O3. The van der Waals surface area contributed by atoms with E-state index in [0.717, 1.165) is 11.3 Å². The van der Waals surface area contributed by atoms with E-state index >= 15 is 0 Å². The lowest BCUT2D eigenvalue weighted by atomic mass is 10.1. The summed E-state index contributed by atoms with van der Waals surface area (Å²) in [4.78, 5) is 27.4. The van der Waals surface area contributed by atoms with Gasteiger partial charge in [-0.1, -0.05) is 48.0 Å². The molecule has 0 heterocycles. The molecule has 2 amide bonds. The standard InChI is InChI=1S/C25H34N2O3/c1-19-13-15-22(16-14-19)30-17-9-12-23(28)27(18-21-10-7-6-8-11-21)20(2)24(29)26-25(3,4)5/h6-8,10-11,13-16,20H,9,12,17-18H2,1-5H3,(H,26,29). The first-order valence-electron chi connectivity index (χ1n) is 10.5. The molecule has 2 rings (SSSR count). The fraction of sp³-hybridized carbons (Fsp3) is 0.440. The number of carbonyl (C=O) groups excluding carboxylic acids is 2. The highest BCUT2D eigenvalue weighted by Crippen LogP contribution is 2.15. The fourth-order valence-electron chi connectivity index (χ4n) is 3.03. The van der Waals surface area contributed by atoms with Gasteiger partial charge >= 0.3 is 0 Å². The second-order valence-electron chi connectivity index (χ2n) is 8.69. The van der Waals surface area contributed by atoms with Crippen LogP contribution < -0.4 is 10.1 Å². The Morgan fingerprint density at radius 1 is 1.03 bits per heavy atom. The van der Waals surface area contributed by atoms with E-state index in [4.69, 9.17) is 4.74 Å². The summed E-state index contributed by atoms with van der Waals surface area (Å²) in [5.41, 5.74) is 1.82. The maximum Gasteiger partial charge on any atom is 0.242 e. The van der Waals surface area contributed by atoms with Crippen molar-refractivity contribution in [2.45, 2.75) is 65.6 Å². The predicted molar refractivity (Wildman–Crippen MR) is 120 cm³/mol. The smallest absolute Gasteiger partial charge is 0.242 e. The van der Waals surface area contributed by atoms with Crippen molar-refractivity contribution in [2.24, 2.45) is 0 Å². The number of amides is 2. The molecule has 2 aromatic carbocycles.